The zero-order chi connectivity index (χ0) is 13.2. The Labute approximate surface area is 109 Å². The number of carbonyl (C=O) groups is 1. The average Bonchev–Trinajstić information content (AvgIpc) is 2.20. The van der Waals surface area contributed by atoms with Crippen LogP contribution in [-0.2, 0) is 0 Å². The highest BCUT2D eigenvalue weighted by atomic mass is 35.5. The fraction of sp³-hybridized carbons (Fsp3) is 0.500. The molecule has 0 spiro atoms. The number of rotatable bonds is 3. The Morgan fingerprint density at radius 1 is 1.18 bits per heavy atom. The molecular formula is C14H20ClNO. The van der Waals surface area contributed by atoms with E-state index in [0.717, 1.165) is 5.56 Å². The zero-order valence-corrected chi connectivity index (χ0v) is 11.9. The van der Waals surface area contributed by atoms with Crippen LogP contribution in [0.4, 0.5) is 0 Å². The van der Waals surface area contributed by atoms with Gasteiger partial charge in [-0.2, -0.15) is 0 Å². The zero-order valence-electron chi connectivity index (χ0n) is 11.1. The van der Waals surface area contributed by atoms with Crippen molar-refractivity contribution in [3.8, 4) is 0 Å². The Morgan fingerprint density at radius 3 is 2.18 bits per heavy atom. The third-order valence-electron chi connectivity index (χ3n) is 2.70. The van der Waals surface area contributed by atoms with Gasteiger partial charge in [0.2, 0.25) is 0 Å². The quantitative estimate of drug-likeness (QED) is 0.800. The van der Waals surface area contributed by atoms with Crippen LogP contribution in [0.3, 0.4) is 0 Å². The van der Waals surface area contributed by atoms with E-state index < -0.39 is 0 Å². The van der Waals surface area contributed by atoms with E-state index in [1.165, 1.54) is 0 Å². The molecule has 0 saturated heterocycles. The van der Waals surface area contributed by atoms with Crippen LogP contribution in [0.1, 0.15) is 43.6 Å². The van der Waals surface area contributed by atoms with Crippen LogP contribution in [0.2, 0.25) is 5.02 Å². The van der Waals surface area contributed by atoms with Crippen LogP contribution < -0.4 is 0 Å². The highest BCUT2D eigenvalue weighted by Gasteiger charge is 2.23. The summed E-state index contributed by atoms with van der Waals surface area (Å²) in [6.07, 6.45) is 0. The van der Waals surface area contributed by atoms with E-state index in [9.17, 15) is 4.79 Å². The van der Waals surface area contributed by atoms with Crippen molar-refractivity contribution in [2.45, 2.75) is 46.7 Å². The molecule has 1 aromatic carbocycles. The maximum Gasteiger partial charge on any atom is 0.255 e. The summed E-state index contributed by atoms with van der Waals surface area (Å²) in [5.41, 5.74) is 1.64. The van der Waals surface area contributed by atoms with Gasteiger partial charge < -0.3 is 4.90 Å². The normalized spacial score (nSPS) is 11.1. The van der Waals surface area contributed by atoms with Crippen molar-refractivity contribution < 1.29 is 4.79 Å². The van der Waals surface area contributed by atoms with Gasteiger partial charge in [0.15, 0.2) is 0 Å². The summed E-state index contributed by atoms with van der Waals surface area (Å²) in [5.74, 6) is 0.00343. The maximum absolute atomic E-state index is 12.4. The molecule has 0 saturated carbocycles. The molecule has 1 rings (SSSR count). The summed E-state index contributed by atoms with van der Waals surface area (Å²) in [6, 6.07) is 5.87. The van der Waals surface area contributed by atoms with Crippen molar-refractivity contribution in [1.82, 2.24) is 4.90 Å². The van der Waals surface area contributed by atoms with Crippen molar-refractivity contribution in [3.63, 3.8) is 0 Å². The standard InChI is InChI=1S/C14H20ClNO/c1-9(2)16(10(3)4)14(17)12-8-11(5)6-7-13(12)15/h6-10H,1-5H3. The second-order valence-electron chi connectivity index (χ2n) is 4.88. The van der Waals surface area contributed by atoms with Crippen LogP contribution in [0.5, 0.6) is 0 Å². The Bertz CT molecular complexity index is 405. The molecule has 0 atom stereocenters. The molecule has 94 valence electrons. The first-order chi connectivity index (χ1) is 7.84. The smallest absolute Gasteiger partial charge is 0.255 e. The molecule has 0 aliphatic heterocycles. The van der Waals surface area contributed by atoms with Gasteiger partial charge in [-0.1, -0.05) is 23.2 Å². The number of halogens is 1. The van der Waals surface area contributed by atoms with E-state index in [0.29, 0.717) is 10.6 Å². The predicted molar refractivity (Wildman–Crippen MR) is 72.6 cm³/mol. The first kappa shape index (κ1) is 14.0. The SMILES string of the molecule is Cc1ccc(Cl)c(C(=O)N(C(C)C)C(C)C)c1. The minimum atomic E-state index is 0.00343. The number of amides is 1. The van der Waals surface area contributed by atoms with Crippen molar-refractivity contribution in [2.24, 2.45) is 0 Å². The molecule has 3 heteroatoms. The van der Waals surface area contributed by atoms with Crippen molar-refractivity contribution in [2.75, 3.05) is 0 Å². The van der Waals surface area contributed by atoms with E-state index in [4.69, 9.17) is 11.6 Å². The molecule has 0 unspecified atom stereocenters. The molecule has 0 radical (unpaired) electrons. The lowest BCUT2D eigenvalue weighted by molar-refractivity contribution is 0.0644. The summed E-state index contributed by atoms with van der Waals surface area (Å²) < 4.78 is 0. The van der Waals surface area contributed by atoms with E-state index in [1.807, 2.05) is 51.7 Å². The Kier molecular flexibility index (Phi) is 4.58. The average molecular weight is 254 g/mol. The first-order valence-electron chi connectivity index (χ1n) is 5.93. The van der Waals surface area contributed by atoms with Gasteiger partial charge in [-0.05, 0) is 46.8 Å². The number of nitrogens with zero attached hydrogens (tertiary/aromatic N) is 1. The number of carbonyl (C=O) groups excluding carboxylic acids is 1. The predicted octanol–water partition coefficient (Wildman–Crippen LogP) is 3.91. The van der Waals surface area contributed by atoms with Crippen LogP contribution in [-0.4, -0.2) is 22.9 Å². The van der Waals surface area contributed by atoms with Gasteiger partial charge in [0.1, 0.15) is 0 Å². The van der Waals surface area contributed by atoms with Gasteiger partial charge >= 0.3 is 0 Å². The van der Waals surface area contributed by atoms with Gasteiger partial charge in [0, 0.05) is 12.1 Å². The fourth-order valence-corrected chi connectivity index (χ4v) is 2.21. The number of hydrogen-bond acceptors (Lipinski definition) is 1. The highest BCUT2D eigenvalue weighted by Crippen LogP contribution is 2.21. The molecule has 0 heterocycles. The molecule has 17 heavy (non-hydrogen) atoms. The number of hydrogen-bond donors (Lipinski definition) is 0. The second kappa shape index (κ2) is 5.54. The number of benzene rings is 1. The van der Waals surface area contributed by atoms with Gasteiger partial charge in [-0.25, -0.2) is 0 Å². The molecule has 0 fully saturated rings. The lowest BCUT2D eigenvalue weighted by Gasteiger charge is -2.31. The summed E-state index contributed by atoms with van der Waals surface area (Å²) in [6.45, 7) is 10.0. The van der Waals surface area contributed by atoms with Crippen molar-refractivity contribution >= 4 is 17.5 Å². The summed E-state index contributed by atoms with van der Waals surface area (Å²) in [4.78, 5) is 14.3. The van der Waals surface area contributed by atoms with E-state index in [1.54, 1.807) is 6.07 Å². The summed E-state index contributed by atoms with van der Waals surface area (Å²) in [7, 11) is 0. The minimum Gasteiger partial charge on any atom is -0.334 e. The van der Waals surface area contributed by atoms with E-state index >= 15 is 0 Å². The van der Waals surface area contributed by atoms with Crippen LogP contribution in [0.15, 0.2) is 18.2 Å². The second-order valence-corrected chi connectivity index (χ2v) is 5.29. The molecule has 0 aliphatic carbocycles. The molecule has 1 aromatic rings. The van der Waals surface area contributed by atoms with Gasteiger partial charge in [-0.3, -0.25) is 4.79 Å². The lowest BCUT2D eigenvalue weighted by atomic mass is 10.1. The monoisotopic (exact) mass is 253 g/mol. The van der Waals surface area contributed by atoms with E-state index in [-0.39, 0.29) is 18.0 Å². The van der Waals surface area contributed by atoms with Crippen molar-refractivity contribution in [3.05, 3.63) is 34.3 Å². The molecular weight excluding hydrogens is 234 g/mol. The molecule has 0 N–H and O–H groups in total. The van der Waals surface area contributed by atoms with Crippen LogP contribution in [0.25, 0.3) is 0 Å². The van der Waals surface area contributed by atoms with Gasteiger partial charge in [-0.15, -0.1) is 0 Å². The summed E-state index contributed by atoms with van der Waals surface area (Å²) in [5, 5.41) is 0.520. The third kappa shape index (κ3) is 3.22. The largest absolute Gasteiger partial charge is 0.334 e. The Balaban J connectivity index is 3.14. The van der Waals surface area contributed by atoms with Gasteiger partial charge in [0.05, 0.1) is 10.6 Å². The minimum absolute atomic E-state index is 0.00343. The van der Waals surface area contributed by atoms with E-state index in [2.05, 4.69) is 0 Å². The highest BCUT2D eigenvalue weighted by molar-refractivity contribution is 6.33. The molecule has 0 aromatic heterocycles. The lowest BCUT2D eigenvalue weighted by Crippen LogP contribution is -2.42. The summed E-state index contributed by atoms with van der Waals surface area (Å²) >= 11 is 6.10. The first-order valence-corrected chi connectivity index (χ1v) is 6.31. The molecule has 0 bridgehead atoms. The molecule has 1 amide bonds. The fourth-order valence-electron chi connectivity index (χ4n) is 2.01. The molecule has 0 aliphatic rings. The Hall–Kier alpha value is -1.02. The number of aryl methyl sites for hydroxylation is 1. The van der Waals surface area contributed by atoms with Crippen LogP contribution >= 0.6 is 11.6 Å². The van der Waals surface area contributed by atoms with Crippen molar-refractivity contribution in [1.29, 1.82) is 0 Å². The Morgan fingerprint density at radius 2 is 1.71 bits per heavy atom. The maximum atomic E-state index is 12.4. The van der Waals surface area contributed by atoms with Crippen LogP contribution in [0, 0.1) is 6.92 Å². The topological polar surface area (TPSA) is 20.3 Å². The third-order valence-corrected chi connectivity index (χ3v) is 3.03. The molecule has 2 nitrogen and oxygen atoms in total. The van der Waals surface area contributed by atoms with Gasteiger partial charge in [0.25, 0.3) is 5.91 Å².